The van der Waals surface area contributed by atoms with Crippen LogP contribution in [0.4, 0.5) is 5.69 Å². The van der Waals surface area contributed by atoms with Gasteiger partial charge in [-0.15, -0.1) is 0 Å². The number of nitrogens with zero attached hydrogens (tertiary/aromatic N) is 1. The second-order valence-corrected chi connectivity index (χ2v) is 6.80. The number of hydrogen-bond donors (Lipinski definition) is 2. The Morgan fingerprint density at radius 2 is 1.62 bits per heavy atom. The fraction of sp³-hybridized carbons (Fsp3) is 0.188. The minimum absolute atomic E-state index is 0.0907. The van der Waals surface area contributed by atoms with Crippen LogP contribution in [0.25, 0.3) is 0 Å². The molecule has 2 N–H and O–H groups in total. The Balaban J connectivity index is 1.76. The monoisotopic (exact) mass is 455 g/mol. The average molecular weight is 457 g/mol. The summed E-state index contributed by atoms with van der Waals surface area (Å²) in [5.41, 5.74) is 0.427. The molecule has 1 aromatic heterocycles. The summed E-state index contributed by atoms with van der Waals surface area (Å²) in [4.78, 5) is 35.2. The van der Waals surface area contributed by atoms with Gasteiger partial charge in [-0.1, -0.05) is 15.9 Å². The lowest BCUT2D eigenvalue weighted by Gasteiger charge is -2.08. The lowest BCUT2D eigenvalue weighted by molar-refractivity contribution is -0.121. The predicted molar refractivity (Wildman–Crippen MR) is 98.8 cm³/mol. The van der Waals surface area contributed by atoms with E-state index in [1.54, 1.807) is 24.4 Å². The topological polar surface area (TPSA) is 80.2 Å². The number of carbonyl (C=O) groups is 2. The number of hydrogen-bond acceptors (Lipinski definition) is 3. The van der Waals surface area contributed by atoms with Crippen molar-refractivity contribution >= 4 is 49.4 Å². The highest BCUT2D eigenvalue weighted by atomic mass is 79.9. The zero-order valence-electron chi connectivity index (χ0n) is 12.6. The number of carbonyl (C=O) groups excluding carboxylic acids is 2. The molecule has 0 aliphatic carbocycles. The largest absolute Gasteiger partial charge is 0.354 e. The minimum atomic E-state index is -0.327. The molecule has 126 valence electrons. The molecular formula is C16H15Br2N3O3. The van der Waals surface area contributed by atoms with Crippen LogP contribution in [0.2, 0.25) is 0 Å². The Morgan fingerprint density at radius 3 is 2.33 bits per heavy atom. The van der Waals surface area contributed by atoms with Crippen molar-refractivity contribution in [2.75, 3.05) is 11.9 Å². The van der Waals surface area contributed by atoms with Crippen molar-refractivity contribution in [1.29, 1.82) is 0 Å². The van der Waals surface area contributed by atoms with Gasteiger partial charge in [-0.05, 0) is 46.3 Å². The van der Waals surface area contributed by atoms with Gasteiger partial charge in [0.05, 0.1) is 0 Å². The summed E-state index contributed by atoms with van der Waals surface area (Å²) in [5, 5.41) is 5.36. The normalized spacial score (nSPS) is 10.2. The summed E-state index contributed by atoms with van der Waals surface area (Å²) in [6.45, 7) is 0.108. The van der Waals surface area contributed by atoms with Crippen LogP contribution < -0.4 is 16.2 Å². The SMILES string of the molecule is O=C(Cn1cc(Br)ccc1=O)NCCC(=O)Nc1ccc(Br)cc1. The number of halogens is 2. The van der Waals surface area contributed by atoms with E-state index in [9.17, 15) is 14.4 Å². The molecule has 2 rings (SSSR count). The molecular weight excluding hydrogens is 442 g/mol. The Morgan fingerprint density at radius 1 is 0.958 bits per heavy atom. The van der Waals surface area contributed by atoms with Crippen LogP contribution in [0.15, 0.2) is 56.3 Å². The maximum absolute atomic E-state index is 11.8. The van der Waals surface area contributed by atoms with Gasteiger partial charge in [0.1, 0.15) is 6.54 Å². The van der Waals surface area contributed by atoms with E-state index in [1.165, 1.54) is 10.6 Å². The van der Waals surface area contributed by atoms with Gasteiger partial charge in [0.2, 0.25) is 11.8 Å². The lowest BCUT2D eigenvalue weighted by atomic mass is 10.3. The molecule has 0 aliphatic rings. The van der Waals surface area contributed by atoms with Gasteiger partial charge < -0.3 is 15.2 Å². The van der Waals surface area contributed by atoms with Crippen molar-refractivity contribution in [3.8, 4) is 0 Å². The summed E-state index contributed by atoms with van der Waals surface area (Å²) in [6.07, 6.45) is 1.69. The molecule has 0 radical (unpaired) electrons. The van der Waals surface area contributed by atoms with Gasteiger partial charge in [0.25, 0.3) is 5.56 Å². The zero-order valence-corrected chi connectivity index (χ0v) is 15.8. The van der Waals surface area contributed by atoms with Gasteiger partial charge >= 0.3 is 0 Å². The Hall–Kier alpha value is -1.93. The predicted octanol–water partition coefficient (Wildman–Crippen LogP) is 2.52. The first-order valence-electron chi connectivity index (χ1n) is 7.12. The summed E-state index contributed by atoms with van der Waals surface area (Å²) in [6, 6.07) is 10.2. The summed E-state index contributed by atoms with van der Waals surface area (Å²) < 4.78 is 2.93. The summed E-state index contributed by atoms with van der Waals surface area (Å²) in [5.74, 6) is -0.524. The molecule has 8 heteroatoms. The highest BCUT2D eigenvalue weighted by Crippen LogP contribution is 2.14. The van der Waals surface area contributed by atoms with Gasteiger partial charge in [-0.25, -0.2) is 0 Å². The molecule has 0 spiro atoms. The van der Waals surface area contributed by atoms with E-state index in [2.05, 4.69) is 42.5 Å². The van der Waals surface area contributed by atoms with Crippen LogP contribution in [0.3, 0.4) is 0 Å². The van der Waals surface area contributed by atoms with Gasteiger partial charge in [0, 0.05) is 39.9 Å². The maximum atomic E-state index is 11.8. The van der Waals surface area contributed by atoms with Gasteiger partial charge in [-0.2, -0.15) is 0 Å². The zero-order chi connectivity index (χ0) is 17.5. The molecule has 2 aromatic rings. The maximum Gasteiger partial charge on any atom is 0.251 e. The third-order valence-corrected chi connectivity index (χ3v) is 4.06. The van der Waals surface area contributed by atoms with Crippen molar-refractivity contribution in [2.45, 2.75) is 13.0 Å². The van der Waals surface area contributed by atoms with Gasteiger partial charge in [-0.3, -0.25) is 14.4 Å². The fourth-order valence-corrected chi connectivity index (χ4v) is 2.55. The number of rotatable bonds is 6. The number of pyridine rings is 1. The second-order valence-electron chi connectivity index (χ2n) is 4.97. The first-order chi connectivity index (χ1) is 11.4. The van der Waals surface area contributed by atoms with E-state index in [0.29, 0.717) is 10.2 Å². The summed E-state index contributed by atoms with van der Waals surface area (Å²) >= 11 is 6.57. The first kappa shape index (κ1) is 18.4. The third kappa shape index (κ3) is 5.93. The molecule has 6 nitrogen and oxygen atoms in total. The molecule has 24 heavy (non-hydrogen) atoms. The Kier molecular flexibility index (Phi) is 6.74. The molecule has 0 aliphatic heterocycles. The van der Waals surface area contributed by atoms with Crippen molar-refractivity contribution in [3.63, 3.8) is 0 Å². The smallest absolute Gasteiger partial charge is 0.251 e. The average Bonchev–Trinajstić information content (AvgIpc) is 2.53. The lowest BCUT2D eigenvalue weighted by Crippen LogP contribution is -2.33. The molecule has 0 saturated carbocycles. The molecule has 2 amide bonds. The van der Waals surface area contributed by atoms with Crippen LogP contribution in [0, 0.1) is 0 Å². The van der Waals surface area contributed by atoms with Crippen molar-refractivity contribution in [3.05, 3.63) is 61.9 Å². The van der Waals surface area contributed by atoms with E-state index >= 15 is 0 Å². The molecule has 0 bridgehead atoms. The van der Waals surface area contributed by atoms with E-state index < -0.39 is 0 Å². The van der Waals surface area contributed by atoms with Gasteiger partial charge in [0.15, 0.2) is 0 Å². The van der Waals surface area contributed by atoms with E-state index in [-0.39, 0.29) is 36.9 Å². The fourth-order valence-electron chi connectivity index (χ4n) is 1.91. The van der Waals surface area contributed by atoms with Crippen LogP contribution in [0.1, 0.15) is 6.42 Å². The molecule has 0 saturated heterocycles. The van der Waals surface area contributed by atoms with E-state index in [1.807, 2.05) is 12.1 Å². The van der Waals surface area contributed by atoms with E-state index in [0.717, 1.165) is 4.47 Å². The van der Waals surface area contributed by atoms with Crippen molar-refractivity contribution in [2.24, 2.45) is 0 Å². The van der Waals surface area contributed by atoms with Crippen LogP contribution in [0.5, 0.6) is 0 Å². The standard InChI is InChI=1S/C16H15Br2N3O3/c17-11-1-4-13(5-2-11)20-14(22)7-8-19-15(23)10-21-9-12(18)3-6-16(21)24/h1-6,9H,7-8,10H2,(H,19,23)(H,20,22). The van der Waals surface area contributed by atoms with Crippen molar-refractivity contribution < 1.29 is 9.59 Å². The molecule has 0 unspecified atom stereocenters. The molecule has 1 heterocycles. The van der Waals surface area contributed by atoms with Crippen molar-refractivity contribution in [1.82, 2.24) is 9.88 Å². The third-order valence-electron chi connectivity index (χ3n) is 3.06. The molecule has 0 atom stereocenters. The van der Waals surface area contributed by atoms with E-state index in [4.69, 9.17) is 0 Å². The van der Waals surface area contributed by atoms with Crippen LogP contribution in [-0.4, -0.2) is 22.9 Å². The highest BCUT2D eigenvalue weighted by molar-refractivity contribution is 9.10. The highest BCUT2D eigenvalue weighted by Gasteiger charge is 2.07. The number of benzene rings is 1. The number of aromatic nitrogens is 1. The first-order valence-corrected chi connectivity index (χ1v) is 8.71. The van der Waals surface area contributed by atoms with Crippen LogP contribution in [-0.2, 0) is 16.1 Å². The number of amides is 2. The minimum Gasteiger partial charge on any atom is -0.354 e. The van der Waals surface area contributed by atoms with Crippen LogP contribution >= 0.6 is 31.9 Å². The second kappa shape index (κ2) is 8.79. The molecule has 0 fully saturated rings. The quantitative estimate of drug-likeness (QED) is 0.700. The number of nitrogens with one attached hydrogen (secondary N) is 2. The molecule has 1 aromatic carbocycles. The Labute approximate surface area is 155 Å². The summed E-state index contributed by atoms with van der Waals surface area (Å²) in [7, 11) is 0. The number of anilines is 1. The Bertz CT molecular complexity index is 788.